The van der Waals surface area contributed by atoms with Crippen molar-refractivity contribution in [3.63, 3.8) is 0 Å². The average Bonchev–Trinajstić information content (AvgIpc) is 2.48. The van der Waals surface area contributed by atoms with E-state index in [0.29, 0.717) is 31.1 Å². The molecule has 0 atom stereocenters. The molecule has 1 amide bonds. The first-order chi connectivity index (χ1) is 10.1. The number of carboxylic acid groups (broad SMARTS) is 1. The summed E-state index contributed by atoms with van der Waals surface area (Å²) in [6, 6.07) is 6.35. The van der Waals surface area contributed by atoms with Crippen LogP contribution < -0.4 is 10.1 Å². The Balaban J connectivity index is 2.37. The zero-order chi connectivity index (χ0) is 15.5. The molecule has 0 fully saturated rings. The molecule has 0 unspecified atom stereocenters. The monoisotopic (exact) mass is 293 g/mol. The van der Waals surface area contributed by atoms with Crippen LogP contribution in [0.3, 0.4) is 0 Å². The van der Waals surface area contributed by atoms with E-state index < -0.39 is 12.6 Å². The van der Waals surface area contributed by atoms with E-state index in [4.69, 9.17) is 14.6 Å². The lowest BCUT2D eigenvalue weighted by molar-refractivity contribution is -0.139. The van der Waals surface area contributed by atoms with Gasteiger partial charge in [0.25, 0.3) is 5.91 Å². The lowest BCUT2D eigenvalue weighted by atomic mass is 10.2. The van der Waals surface area contributed by atoms with Gasteiger partial charge in [0.05, 0.1) is 13.2 Å². The molecule has 0 aliphatic carbocycles. The number of nitrogens with one attached hydrogen (secondary N) is 1. The summed E-state index contributed by atoms with van der Waals surface area (Å²) >= 11 is 0. The van der Waals surface area contributed by atoms with Crippen LogP contribution in [0.4, 0.5) is 0 Å². The molecule has 2 N–H and O–H groups in total. The summed E-state index contributed by atoms with van der Waals surface area (Å²) in [5.74, 6) is -0.989. The number of carbonyl (C=O) groups excluding carboxylic acids is 1. The summed E-state index contributed by atoms with van der Waals surface area (Å²) in [6.45, 7) is 4.55. The van der Waals surface area contributed by atoms with E-state index >= 15 is 0 Å². The number of carbonyl (C=O) groups is 2. The summed E-state index contributed by atoms with van der Waals surface area (Å²) < 4.78 is 10.3. The quantitative estimate of drug-likeness (QED) is 0.504. The van der Waals surface area contributed by atoms with Crippen molar-refractivity contribution >= 4 is 11.9 Å². The number of rotatable bonds is 10. The Morgan fingerprint density at radius 3 is 2.86 bits per heavy atom. The van der Waals surface area contributed by atoms with Crippen molar-refractivity contribution < 1.29 is 24.2 Å². The molecule has 0 heterocycles. The zero-order valence-corrected chi connectivity index (χ0v) is 11.7. The van der Waals surface area contributed by atoms with Crippen LogP contribution in [0.1, 0.15) is 16.8 Å². The average molecular weight is 293 g/mol. The second kappa shape index (κ2) is 9.55. The SMILES string of the molecule is C=CCCOCCNC(=O)c1cccc(OCC(=O)O)c1. The molecule has 0 aliphatic rings. The van der Waals surface area contributed by atoms with Crippen LogP contribution >= 0.6 is 0 Å². The minimum absolute atomic E-state index is 0.261. The molecular formula is C15H19NO5. The van der Waals surface area contributed by atoms with Crippen molar-refractivity contribution in [1.29, 1.82) is 0 Å². The Labute approximate surface area is 123 Å². The molecule has 0 bridgehead atoms. The second-order valence-electron chi connectivity index (χ2n) is 4.16. The van der Waals surface area contributed by atoms with E-state index in [1.807, 2.05) is 0 Å². The van der Waals surface area contributed by atoms with Gasteiger partial charge in [0.1, 0.15) is 5.75 Å². The Morgan fingerprint density at radius 2 is 2.14 bits per heavy atom. The first-order valence-electron chi connectivity index (χ1n) is 6.55. The van der Waals surface area contributed by atoms with Crippen molar-refractivity contribution in [1.82, 2.24) is 5.32 Å². The number of hydrogen-bond donors (Lipinski definition) is 2. The van der Waals surface area contributed by atoms with Gasteiger partial charge in [-0.15, -0.1) is 6.58 Å². The van der Waals surface area contributed by atoms with E-state index in [2.05, 4.69) is 11.9 Å². The van der Waals surface area contributed by atoms with Crippen molar-refractivity contribution in [3.8, 4) is 5.75 Å². The third-order valence-corrected chi connectivity index (χ3v) is 2.46. The van der Waals surface area contributed by atoms with Gasteiger partial charge in [-0.1, -0.05) is 12.1 Å². The summed E-state index contributed by atoms with van der Waals surface area (Å²) in [5, 5.41) is 11.2. The maximum Gasteiger partial charge on any atom is 0.341 e. The highest BCUT2D eigenvalue weighted by Crippen LogP contribution is 2.13. The Bertz CT molecular complexity index is 487. The normalized spacial score (nSPS) is 9.90. The van der Waals surface area contributed by atoms with Gasteiger partial charge in [-0.2, -0.15) is 0 Å². The van der Waals surface area contributed by atoms with Crippen LogP contribution in [-0.2, 0) is 9.53 Å². The highest BCUT2D eigenvalue weighted by atomic mass is 16.5. The van der Waals surface area contributed by atoms with Gasteiger partial charge in [-0.3, -0.25) is 4.79 Å². The molecule has 0 aliphatic heterocycles. The highest BCUT2D eigenvalue weighted by Gasteiger charge is 2.07. The maximum absolute atomic E-state index is 11.9. The van der Waals surface area contributed by atoms with E-state index in [-0.39, 0.29) is 5.91 Å². The minimum atomic E-state index is -1.07. The van der Waals surface area contributed by atoms with Crippen molar-refractivity contribution in [2.75, 3.05) is 26.4 Å². The Morgan fingerprint density at radius 1 is 1.33 bits per heavy atom. The molecule has 1 rings (SSSR count). The first kappa shape index (κ1) is 16.7. The zero-order valence-electron chi connectivity index (χ0n) is 11.7. The molecule has 0 saturated carbocycles. The van der Waals surface area contributed by atoms with Gasteiger partial charge in [-0.05, 0) is 24.6 Å². The van der Waals surface area contributed by atoms with Crippen molar-refractivity contribution in [2.24, 2.45) is 0 Å². The molecule has 0 spiro atoms. The minimum Gasteiger partial charge on any atom is -0.482 e. The molecule has 6 nitrogen and oxygen atoms in total. The fraction of sp³-hybridized carbons (Fsp3) is 0.333. The number of amides is 1. The summed E-state index contributed by atoms with van der Waals surface area (Å²) in [6.07, 6.45) is 2.54. The van der Waals surface area contributed by atoms with Crippen molar-refractivity contribution in [2.45, 2.75) is 6.42 Å². The first-order valence-corrected chi connectivity index (χ1v) is 6.55. The molecule has 21 heavy (non-hydrogen) atoms. The number of ether oxygens (including phenoxy) is 2. The highest BCUT2D eigenvalue weighted by molar-refractivity contribution is 5.94. The standard InChI is InChI=1S/C15H19NO5/c1-2-3-8-20-9-7-16-15(19)12-5-4-6-13(10-12)21-11-14(17)18/h2,4-6,10H,1,3,7-9,11H2,(H,16,19)(H,17,18). The molecular weight excluding hydrogens is 274 g/mol. The fourth-order valence-electron chi connectivity index (χ4n) is 1.48. The van der Waals surface area contributed by atoms with Gasteiger partial charge >= 0.3 is 5.97 Å². The molecule has 6 heteroatoms. The predicted molar refractivity (Wildman–Crippen MR) is 77.5 cm³/mol. The lowest BCUT2D eigenvalue weighted by Crippen LogP contribution is -2.27. The number of aliphatic carboxylic acids is 1. The van der Waals surface area contributed by atoms with Crippen LogP contribution in [0.25, 0.3) is 0 Å². The third kappa shape index (κ3) is 7.12. The van der Waals surface area contributed by atoms with E-state index in [0.717, 1.165) is 6.42 Å². The summed E-state index contributed by atoms with van der Waals surface area (Å²) in [5.41, 5.74) is 0.406. The summed E-state index contributed by atoms with van der Waals surface area (Å²) in [7, 11) is 0. The molecule has 0 aromatic heterocycles. The van der Waals surface area contributed by atoms with Crippen LogP contribution in [0.15, 0.2) is 36.9 Å². The van der Waals surface area contributed by atoms with E-state index in [1.54, 1.807) is 24.3 Å². The van der Waals surface area contributed by atoms with Crippen LogP contribution in [0, 0.1) is 0 Å². The van der Waals surface area contributed by atoms with Crippen LogP contribution in [0.2, 0.25) is 0 Å². The third-order valence-electron chi connectivity index (χ3n) is 2.46. The number of hydrogen-bond acceptors (Lipinski definition) is 4. The predicted octanol–water partition coefficient (Wildman–Crippen LogP) is 1.47. The molecule has 0 saturated heterocycles. The van der Waals surface area contributed by atoms with Gasteiger partial charge in [0.15, 0.2) is 6.61 Å². The summed E-state index contributed by atoms with van der Waals surface area (Å²) in [4.78, 5) is 22.3. The van der Waals surface area contributed by atoms with Crippen LogP contribution in [0.5, 0.6) is 5.75 Å². The second-order valence-corrected chi connectivity index (χ2v) is 4.16. The Hall–Kier alpha value is -2.34. The molecule has 114 valence electrons. The molecule has 1 aromatic rings. The van der Waals surface area contributed by atoms with Gasteiger partial charge in [0, 0.05) is 12.1 Å². The van der Waals surface area contributed by atoms with Gasteiger partial charge in [-0.25, -0.2) is 4.79 Å². The fourth-order valence-corrected chi connectivity index (χ4v) is 1.48. The van der Waals surface area contributed by atoms with Gasteiger partial charge in [0.2, 0.25) is 0 Å². The number of benzene rings is 1. The maximum atomic E-state index is 11.9. The topological polar surface area (TPSA) is 84.9 Å². The molecule has 0 radical (unpaired) electrons. The number of carboxylic acids is 1. The van der Waals surface area contributed by atoms with E-state index in [1.165, 1.54) is 6.07 Å². The Kier molecular flexibility index (Phi) is 7.60. The lowest BCUT2D eigenvalue weighted by Gasteiger charge is -2.08. The van der Waals surface area contributed by atoms with Gasteiger partial charge < -0.3 is 19.9 Å². The molecule has 1 aromatic carbocycles. The largest absolute Gasteiger partial charge is 0.482 e. The van der Waals surface area contributed by atoms with E-state index in [9.17, 15) is 9.59 Å². The van der Waals surface area contributed by atoms with Crippen LogP contribution in [-0.4, -0.2) is 43.3 Å². The smallest absolute Gasteiger partial charge is 0.341 e. The van der Waals surface area contributed by atoms with Crippen molar-refractivity contribution in [3.05, 3.63) is 42.5 Å².